The molecule has 0 aliphatic carbocycles. The van der Waals surface area contributed by atoms with Crippen molar-refractivity contribution in [3.05, 3.63) is 88.6 Å². The second-order valence-electron chi connectivity index (χ2n) is 8.39. The zero-order valence-corrected chi connectivity index (χ0v) is 20.2. The third-order valence-corrected chi connectivity index (χ3v) is 5.70. The van der Waals surface area contributed by atoms with Gasteiger partial charge in [0, 0.05) is 30.2 Å². The van der Waals surface area contributed by atoms with E-state index in [0.717, 1.165) is 19.5 Å². The maximum absolute atomic E-state index is 11.7. The number of benzene rings is 3. The minimum Gasteiger partial charge on any atom is -0.508 e. The number of nitrogens with zero attached hydrogens (tertiary/aromatic N) is 3. The lowest BCUT2D eigenvalue weighted by atomic mass is 10.1. The molecule has 0 fully saturated rings. The Labute approximate surface area is 209 Å². The number of ether oxygens (including phenoxy) is 2. The van der Waals surface area contributed by atoms with E-state index in [1.807, 2.05) is 18.2 Å². The number of phenols is 1. The quantitative estimate of drug-likeness (QED) is 0.123. The molecule has 1 heterocycles. The summed E-state index contributed by atoms with van der Waals surface area (Å²) in [6.07, 6.45) is 2.03. The normalized spacial score (nSPS) is 11.0. The van der Waals surface area contributed by atoms with Gasteiger partial charge in [-0.15, -0.1) is 0 Å². The van der Waals surface area contributed by atoms with Crippen LogP contribution in [-0.4, -0.2) is 47.2 Å². The first-order chi connectivity index (χ1) is 17.4. The molecule has 0 unspecified atom stereocenters. The van der Waals surface area contributed by atoms with Crippen molar-refractivity contribution in [2.45, 2.75) is 13.0 Å². The van der Waals surface area contributed by atoms with Crippen LogP contribution in [0.25, 0.3) is 10.9 Å². The predicted molar refractivity (Wildman–Crippen MR) is 139 cm³/mol. The van der Waals surface area contributed by atoms with Gasteiger partial charge < -0.3 is 24.8 Å². The molecular weight excluding hydrogens is 460 g/mol. The minimum absolute atomic E-state index is 0.101. The molecule has 0 radical (unpaired) electrons. The number of hydrogen-bond donors (Lipinski definition) is 2. The van der Waals surface area contributed by atoms with Crippen molar-refractivity contribution in [3.8, 4) is 17.2 Å². The largest absolute Gasteiger partial charge is 0.508 e. The van der Waals surface area contributed by atoms with Crippen LogP contribution in [0.1, 0.15) is 12.0 Å². The molecular formula is C27H28N4O5. The third-order valence-electron chi connectivity index (χ3n) is 5.70. The van der Waals surface area contributed by atoms with Crippen LogP contribution in [0, 0.1) is 10.1 Å². The number of methoxy groups -OCH3 is 1. The van der Waals surface area contributed by atoms with Crippen LogP contribution in [0.3, 0.4) is 0 Å². The van der Waals surface area contributed by atoms with E-state index in [0.29, 0.717) is 34.7 Å². The molecule has 0 spiro atoms. The number of pyridine rings is 1. The summed E-state index contributed by atoms with van der Waals surface area (Å²) in [5, 5.41) is 24.8. The van der Waals surface area contributed by atoms with Crippen molar-refractivity contribution in [2.24, 2.45) is 0 Å². The molecule has 1 aromatic heterocycles. The Hall–Kier alpha value is -4.37. The summed E-state index contributed by atoms with van der Waals surface area (Å²) in [4.78, 5) is 17.7. The van der Waals surface area contributed by atoms with E-state index in [9.17, 15) is 15.2 Å². The number of rotatable bonds is 11. The van der Waals surface area contributed by atoms with Crippen LogP contribution >= 0.6 is 0 Å². The number of fused-ring (bicyclic) bond motifs is 1. The standard InChI is InChI=1S/C27H28N4O5/c1-30(18-19-7-4-3-5-8-19)13-6-14-36-26-16-23-22(15-25(26)35-2)27(24(17-28-23)31(33)34)29-20-9-11-21(32)12-10-20/h3-5,7-12,15-17,32H,6,13-14,18H2,1-2H3,(H,28,29). The molecule has 186 valence electrons. The second-order valence-corrected chi connectivity index (χ2v) is 8.39. The third kappa shape index (κ3) is 6.00. The maximum Gasteiger partial charge on any atom is 0.311 e. The van der Waals surface area contributed by atoms with Crippen LogP contribution in [0.15, 0.2) is 72.9 Å². The lowest BCUT2D eigenvalue weighted by molar-refractivity contribution is -0.384. The second kappa shape index (κ2) is 11.4. The maximum atomic E-state index is 11.7. The van der Waals surface area contributed by atoms with Gasteiger partial charge in [0.1, 0.15) is 17.6 Å². The summed E-state index contributed by atoms with van der Waals surface area (Å²) in [6, 6.07) is 20.0. The minimum atomic E-state index is -0.488. The summed E-state index contributed by atoms with van der Waals surface area (Å²) < 4.78 is 11.6. The number of nitro groups is 1. The lowest BCUT2D eigenvalue weighted by Crippen LogP contribution is -2.20. The highest BCUT2D eigenvalue weighted by Gasteiger charge is 2.21. The molecule has 4 aromatic rings. The van der Waals surface area contributed by atoms with Crippen molar-refractivity contribution in [1.82, 2.24) is 9.88 Å². The molecule has 0 bridgehead atoms. The molecule has 9 heteroatoms. The van der Waals surface area contributed by atoms with Gasteiger partial charge in [-0.1, -0.05) is 30.3 Å². The van der Waals surface area contributed by atoms with Gasteiger partial charge in [-0.25, -0.2) is 4.98 Å². The van der Waals surface area contributed by atoms with Crippen molar-refractivity contribution >= 4 is 28.0 Å². The Bertz CT molecular complexity index is 1330. The van der Waals surface area contributed by atoms with E-state index < -0.39 is 4.92 Å². The Morgan fingerprint density at radius 1 is 1.08 bits per heavy atom. The van der Waals surface area contributed by atoms with Crippen LogP contribution in [0.5, 0.6) is 17.2 Å². The summed E-state index contributed by atoms with van der Waals surface area (Å²) in [5.41, 5.74) is 2.48. The molecule has 36 heavy (non-hydrogen) atoms. The van der Waals surface area contributed by atoms with E-state index in [1.54, 1.807) is 24.3 Å². The first kappa shape index (κ1) is 24.7. The van der Waals surface area contributed by atoms with Crippen molar-refractivity contribution in [1.29, 1.82) is 0 Å². The van der Waals surface area contributed by atoms with Gasteiger partial charge in [-0.2, -0.15) is 0 Å². The highest BCUT2D eigenvalue weighted by molar-refractivity contribution is 5.99. The summed E-state index contributed by atoms with van der Waals surface area (Å²) in [7, 11) is 3.60. The van der Waals surface area contributed by atoms with Crippen LogP contribution < -0.4 is 14.8 Å². The number of phenolic OH excluding ortho intramolecular Hbond substituents is 1. The Kier molecular flexibility index (Phi) is 7.82. The van der Waals surface area contributed by atoms with E-state index in [2.05, 4.69) is 34.4 Å². The van der Waals surface area contributed by atoms with Gasteiger partial charge in [0.2, 0.25) is 0 Å². The van der Waals surface area contributed by atoms with E-state index >= 15 is 0 Å². The first-order valence-electron chi connectivity index (χ1n) is 11.5. The zero-order chi connectivity index (χ0) is 25.5. The van der Waals surface area contributed by atoms with E-state index in [1.165, 1.54) is 31.0 Å². The number of anilines is 2. The molecule has 3 aromatic carbocycles. The number of hydrogen-bond acceptors (Lipinski definition) is 8. The van der Waals surface area contributed by atoms with Gasteiger partial charge >= 0.3 is 5.69 Å². The molecule has 4 rings (SSSR count). The van der Waals surface area contributed by atoms with Crippen molar-refractivity contribution in [2.75, 3.05) is 32.6 Å². The SMILES string of the molecule is COc1cc2c(Nc3ccc(O)cc3)c([N+](=O)[O-])cnc2cc1OCCCN(C)Cc1ccccc1. The summed E-state index contributed by atoms with van der Waals surface area (Å²) in [6.45, 7) is 2.20. The molecule has 0 amide bonds. The fourth-order valence-electron chi connectivity index (χ4n) is 3.91. The molecule has 9 nitrogen and oxygen atoms in total. The average molecular weight is 489 g/mol. The zero-order valence-electron chi connectivity index (χ0n) is 20.2. The molecule has 0 saturated carbocycles. The molecule has 2 N–H and O–H groups in total. The van der Waals surface area contributed by atoms with Crippen LogP contribution in [0.4, 0.5) is 17.1 Å². The fraction of sp³-hybridized carbons (Fsp3) is 0.222. The molecule has 0 atom stereocenters. The van der Waals surface area contributed by atoms with E-state index in [-0.39, 0.29) is 17.1 Å². The van der Waals surface area contributed by atoms with E-state index in [4.69, 9.17) is 9.47 Å². The number of nitrogens with one attached hydrogen (secondary N) is 1. The number of aromatic hydroxyl groups is 1. The van der Waals surface area contributed by atoms with Crippen LogP contribution in [0.2, 0.25) is 0 Å². The van der Waals surface area contributed by atoms with Gasteiger partial charge in [0.25, 0.3) is 0 Å². The Morgan fingerprint density at radius 3 is 2.53 bits per heavy atom. The van der Waals surface area contributed by atoms with Gasteiger partial charge in [0.05, 0.1) is 24.2 Å². The fourth-order valence-corrected chi connectivity index (χ4v) is 3.91. The Balaban J connectivity index is 1.51. The van der Waals surface area contributed by atoms with Gasteiger partial charge in [0.15, 0.2) is 11.5 Å². The van der Waals surface area contributed by atoms with Crippen molar-refractivity contribution in [3.63, 3.8) is 0 Å². The first-order valence-corrected chi connectivity index (χ1v) is 11.5. The van der Waals surface area contributed by atoms with Gasteiger partial charge in [-0.05, 0) is 49.4 Å². The Morgan fingerprint density at radius 2 is 1.83 bits per heavy atom. The molecule has 0 saturated heterocycles. The van der Waals surface area contributed by atoms with Crippen molar-refractivity contribution < 1.29 is 19.5 Å². The summed E-state index contributed by atoms with van der Waals surface area (Å²) >= 11 is 0. The highest BCUT2D eigenvalue weighted by atomic mass is 16.6. The lowest BCUT2D eigenvalue weighted by Gasteiger charge is -2.18. The topological polar surface area (TPSA) is 110 Å². The van der Waals surface area contributed by atoms with Crippen LogP contribution in [-0.2, 0) is 6.54 Å². The number of aromatic nitrogens is 1. The monoisotopic (exact) mass is 488 g/mol. The summed E-state index contributed by atoms with van der Waals surface area (Å²) in [5.74, 6) is 1.08. The molecule has 0 aliphatic heterocycles. The smallest absolute Gasteiger partial charge is 0.311 e. The molecule has 0 aliphatic rings. The highest BCUT2D eigenvalue weighted by Crippen LogP contribution is 2.40. The predicted octanol–water partition coefficient (Wildman–Crippen LogP) is 5.50. The van der Waals surface area contributed by atoms with Gasteiger partial charge in [-0.3, -0.25) is 10.1 Å². The average Bonchev–Trinajstić information content (AvgIpc) is 2.88.